The Morgan fingerprint density at radius 2 is 2.00 bits per heavy atom. The molecule has 1 N–H and O–H groups in total. The smallest absolute Gasteiger partial charge is 0.270 e. The lowest BCUT2D eigenvalue weighted by atomic mass is 9.97. The minimum atomic E-state index is -3.86. The number of aromatic nitrogens is 2. The van der Waals surface area contributed by atoms with Gasteiger partial charge in [0.25, 0.3) is 5.69 Å². The Morgan fingerprint density at radius 3 is 2.66 bits per heavy atom. The van der Waals surface area contributed by atoms with Gasteiger partial charge in [0.2, 0.25) is 10.0 Å². The summed E-state index contributed by atoms with van der Waals surface area (Å²) in [5.74, 6) is 0.656. The number of benzene rings is 1. The average Bonchev–Trinajstić information content (AvgIpc) is 2.72. The van der Waals surface area contributed by atoms with Crippen LogP contribution in [-0.4, -0.2) is 42.9 Å². The normalized spacial score (nSPS) is 15.1. The molecule has 1 aromatic heterocycles. The fourth-order valence-corrected chi connectivity index (χ4v) is 4.67. The zero-order valence-corrected chi connectivity index (χ0v) is 16.6. The van der Waals surface area contributed by atoms with Crippen LogP contribution in [0.4, 0.5) is 11.5 Å². The molecule has 0 aliphatic carbocycles. The number of piperidine rings is 1. The molecule has 0 atom stereocenters. The number of hydrogen-bond acceptors (Lipinski definition) is 8. The van der Waals surface area contributed by atoms with E-state index < -0.39 is 14.9 Å². The fraction of sp³-hybridized carbons (Fsp3) is 0.389. The zero-order valence-electron chi connectivity index (χ0n) is 15.8. The third kappa shape index (κ3) is 4.67. The first-order chi connectivity index (χ1) is 13.8. The molecule has 152 valence electrons. The molecule has 2 aromatic rings. The van der Waals surface area contributed by atoms with Crippen LogP contribution in [0.25, 0.3) is 0 Å². The van der Waals surface area contributed by atoms with Gasteiger partial charge in [-0.3, -0.25) is 10.1 Å². The lowest BCUT2D eigenvalue weighted by Crippen LogP contribution is -2.39. The number of non-ortho nitro benzene ring substituents is 1. The average molecular weight is 416 g/mol. The van der Waals surface area contributed by atoms with Crippen molar-refractivity contribution >= 4 is 21.5 Å². The van der Waals surface area contributed by atoms with Crippen molar-refractivity contribution in [1.82, 2.24) is 14.7 Å². The van der Waals surface area contributed by atoms with Gasteiger partial charge in [-0.25, -0.2) is 23.1 Å². The Hall–Kier alpha value is -3.10. The summed E-state index contributed by atoms with van der Waals surface area (Å²) in [6.07, 6.45) is 4.45. The van der Waals surface area contributed by atoms with Crippen molar-refractivity contribution < 1.29 is 13.3 Å². The highest BCUT2D eigenvalue weighted by molar-refractivity contribution is 7.89. The van der Waals surface area contributed by atoms with E-state index in [9.17, 15) is 18.5 Å². The number of aryl methyl sites for hydroxylation is 1. The van der Waals surface area contributed by atoms with E-state index in [2.05, 4.69) is 14.7 Å². The van der Waals surface area contributed by atoms with Crippen LogP contribution in [0.3, 0.4) is 0 Å². The number of nitrogens with zero attached hydrogens (tertiary/aromatic N) is 5. The molecule has 0 unspecified atom stereocenters. The van der Waals surface area contributed by atoms with Crippen molar-refractivity contribution in [2.75, 3.05) is 24.5 Å². The molecule has 29 heavy (non-hydrogen) atoms. The quantitative estimate of drug-likeness (QED) is 0.554. The second-order valence-corrected chi connectivity index (χ2v) is 8.56. The highest BCUT2D eigenvalue weighted by Crippen LogP contribution is 2.25. The number of nitrogens with one attached hydrogen (secondary N) is 1. The molecule has 0 spiro atoms. The molecule has 3 rings (SSSR count). The van der Waals surface area contributed by atoms with Crippen LogP contribution in [0.15, 0.2) is 35.5 Å². The van der Waals surface area contributed by atoms with Crippen LogP contribution in [0.1, 0.15) is 24.1 Å². The molecule has 1 aliphatic heterocycles. The Labute approximate surface area is 168 Å². The largest absolute Gasteiger partial charge is 0.354 e. The molecule has 0 radical (unpaired) electrons. The van der Waals surface area contributed by atoms with E-state index in [0.717, 1.165) is 18.9 Å². The van der Waals surface area contributed by atoms with Crippen LogP contribution in [-0.2, 0) is 10.0 Å². The molecule has 1 aliphatic rings. The van der Waals surface area contributed by atoms with Crippen molar-refractivity contribution in [2.24, 2.45) is 5.92 Å². The monoisotopic (exact) mass is 416 g/mol. The van der Waals surface area contributed by atoms with E-state index >= 15 is 0 Å². The van der Waals surface area contributed by atoms with Gasteiger partial charge in [0.15, 0.2) is 11.5 Å². The number of nitriles is 1. The van der Waals surface area contributed by atoms with E-state index in [-0.39, 0.29) is 28.7 Å². The summed E-state index contributed by atoms with van der Waals surface area (Å²) in [5.41, 5.74) is 0.457. The highest BCUT2D eigenvalue weighted by Gasteiger charge is 2.25. The van der Waals surface area contributed by atoms with Crippen LogP contribution in [0.2, 0.25) is 0 Å². The van der Waals surface area contributed by atoms with Gasteiger partial charge >= 0.3 is 0 Å². The first-order valence-corrected chi connectivity index (χ1v) is 10.5. The van der Waals surface area contributed by atoms with Crippen molar-refractivity contribution in [3.05, 3.63) is 52.0 Å². The zero-order chi connectivity index (χ0) is 21.0. The lowest BCUT2D eigenvalue weighted by Gasteiger charge is -2.32. The molecule has 0 saturated carbocycles. The maximum Gasteiger partial charge on any atom is 0.270 e. The molecule has 1 saturated heterocycles. The minimum Gasteiger partial charge on any atom is -0.354 e. The number of sulfonamides is 1. The SMILES string of the molecule is Cc1ccc([N+](=O)[O-])cc1S(=O)(=O)NCC1CCN(c2nccnc2C#N)CC1. The van der Waals surface area contributed by atoms with Crippen LogP contribution in [0.5, 0.6) is 0 Å². The molecule has 1 fully saturated rings. The van der Waals surface area contributed by atoms with Crippen molar-refractivity contribution in [2.45, 2.75) is 24.7 Å². The molecule has 2 heterocycles. The van der Waals surface area contributed by atoms with Gasteiger partial charge in [0.05, 0.1) is 9.82 Å². The Morgan fingerprint density at radius 1 is 1.31 bits per heavy atom. The lowest BCUT2D eigenvalue weighted by molar-refractivity contribution is -0.385. The molecule has 10 nitrogen and oxygen atoms in total. The van der Waals surface area contributed by atoms with Gasteiger partial charge in [-0.05, 0) is 31.2 Å². The number of nitro benzene ring substituents is 1. The van der Waals surface area contributed by atoms with E-state index in [0.29, 0.717) is 24.5 Å². The van der Waals surface area contributed by atoms with Crippen molar-refractivity contribution in [3.8, 4) is 6.07 Å². The van der Waals surface area contributed by atoms with Crippen molar-refractivity contribution in [3.63, 3.8) is 0 Å². The number of rotatable bonds is 6. The van der Waals surface area contributed by atoms with Gasteiger partial charge in [0, 0.05) is 44.2 Å². The van der Waals surface area contributed by atoms with E-state index in [1.807, 2.05) is 11.0 Å². The summed E-state index contributed by atoms with van der Waals surface area (Å²) in [5, 5.41) is 20.1. The first kappa shape index (κ1) is 20.6. The van der Waals surface area contributed by atoms with Crippen LogP contribution < -0.4 is 9.62 Å². The summed E-state index contributed by atoms with van der Waals surface area (Å²) in [4.78, 5) is 20.5. The van der Waals surface area contributed by atoms with Crippen LogP contribution in [0, 0.1) is 34.3 Å². The molecular weight excluding hydrogens is 396 g/mol. The summed E-state index contributed by atoms with van der Waals surface area (Å²) in [6.45, 7) is 3.11. The third-order valence-electron chi connectivity index (χ3n) is 4.93. The first-order valence-electron chi connectivity index (χ1n) is 9.02. The molecule has 0 amide bonds. The predicted molar refractivity (Wildman–Crippen MR) is 105 cm³/mol. The predicted octanol–water partition coefficient (Wildman–Crippen LogP) is 1.76. The summed E-state index contributed by atoms with van der Waals surface area (Å²) in [7, 11) is -3.86. The van der Waals surface area contributed by atoms with E-state index in [4.69, 9.17) is 5.26 Å². The van der Waals surface area contributed by atoms with Gasteiger partial charge in [-0.15, -0.1) is 0 Å². The maximum absolute atomic E-state index is 12.6. The molecule has 0 bridgehead atoms. The van der Waals surface area contributed by atoms with E-state index in [1.54, 1.807) is 6.92 Å². The van der Waals surface area contributed by atoms with E-state index in [1.165, 1.54) is 24.5 Å². The molecule has 11 heteroatoms. The highest BCUT2D eigenvalue weighted by atomic mass is 32.2. The van der Waals surface area contributed by atoms with Crippen LogP contribution >= 0.6 is 0 Å². The standard InChI is InChI=1S/C18H20N6O4S/c1-13-2-3-15(24(25)26)10-17(13)29(27,28)22-12-14-4-8-23(9-5-14)18-16(11-19)20-6-7-21-18/h2-3,6-7,10,14,22H,4-5,8-9,12H2,1H3. The second-order valence-electron chi connectivity index (χ2n) is 6.83. The van der Waals surface area contributed by atoms with Crippen molar-refractivity contribution in [1.29, 1.82) is 5.26 Å². The van der Waals surface area contributed by atoms with Gasteiger partial charge in [-0.1, -0.05) is 6.07 Å². The Bertz CT molecular complexity index is 1060. The summed E-state index contributed by atoms with van der Waals surface area (Å²) >= 11 is 0. The second kappa shape index (κ2) is 8.50. The summed E-state index contributed by atoms with van der Waals surface area (Å²) in [6, 6.07) is 5.82. The molecular formula is C18H20N6O4S. The maximum atomic E-state index is 12.6. The van der Waals surface area contributed by atoms with Gasteiger partial charge in [-0.2, -0.15) is 5.26 Å². The Balaban J connectivity index is 1.62. The number of hydrogen-bond donors (Lipinski definition) is 1. The summed E-state index contributed by atoms with van der Waals surface area (Å²) < 4.78 is 27.9. The third-order valence-corrected chi connectivity index (χ3v) is 6.50. The van der Waals surface area contributed by atoms with Gasteiger partial charge in [0.1, 0.15) is 6.07 Å². The topological polar surface area (TPSA) is 142 Å². The minimum absolute atomic E-state index is 0.0812. The number of nitro groups is 1. The van der Waals surface area contributed by atoms with Gasteiger partial charge < -0.3 is 4.90 Å². The number of anilines is 1. The fourth-order valence-electron chi connectivity index (χ4n) is 3.29. The molecule has 1 aromatic carbocycles. The Kier molecular flexibility index (Phi) is 6.05.